The van der Waals surface area contributed by atoms with Gasteiger partial charge in [-0.25, -0.2) is 0 Å². The minimum Gasteiger partial charge on any atom is -0.256 e. The number of nitrogens with zero attached hydrogens (tertiary/aromatic N) is 1. The van der Waals surface area contributed by atoms with E-state index in [0.29, 0.717) is 5.92 Å². The van der Waals surface area contributed by atoms with Gasteiger partial charge in [-0.05, 0) is 59.7 Å². The van der Waals surface area contributed by atoms with Crippen LogP contribution >= 0.6 is 0 Å². The Morgan fingerprint density at radius 3 is 2.04 bits per heavy atom. The fourth-order valence-corrected chi connectivity index (χ4v) is 3.17. The van der Waals surface area contributed by atoms with Gasteiger partial charge in [-0.1, -0.05) is 68.4 Å². The zero-order valence-corrected chi connectivity index (χ0v) is 15.5. The van der Waals surface area contributed by atoms with Crippen molar-refractivity contribution < 1.29 is 0 Å². The molecule has 126 valence electrons. The van der Waals surface area contributed by atoms with E-state index in [0.717, 1.165) is 11.3 Å². The number of aliphatic imine (C=N–C) groups is 1. The van der Waals surface area contributed by atoms with Gasteiger partial charge in [0.1, 0.15) is 0 Å². The average molecular weight is 327 g/mol. The second-order valence-electron chi connectivity index (χ2n) is 6.86. The van der Waals surface area contributed by atoms with Gasteiger partial charge in [0, 0.05) is 11.8 Å². The molecule has 0 heterocycles. The number of rotatable bonds is 4. The summed E-state index contributed by atoms with van der Waals surface area (Å²) in [5.41, 5.74) is 8.60. The Hall–Kier alpha value is -2.67. The van der Waals surface area contributed by atoms with Crippen LogP contribution in [0, 0.1) is 13.8 Å². The Kier molecular flexibility index (Phi) is 5.14. The largest absolute Gasteiger partial charge is 0.256 e. The summed E-state index contributed by atoms with van der Waals surface area (Å²) in [5, 5.41) is 0. The zero-order chi connectivity index (χ0) is 17.8. The van der Waals surface area contributed by atoms with E-state index in [2.05, 4.69) is 94.4 Å². The van der Waals surface area contributed by atoms with Gasteiger partial charge in [-0.3, -0.25) is 4.99 Å². The van der Waals surface area contributed by atoms with E-state index in [4.69, 9.17) is 4.99 Å². The van der Waals surface area contributed by atoms with Crippen LogP contribution in [0.4, 0.5) is 5.69 Å². The van der Waals surface area contributed by atoms with Crippen molar-refractivity contribution in [1.29, 1.82) is 0 Å². The normalized spacial score (nSPS) is 11.4. The van der Waals surface area contributed by atoms with Crippen LogP contribution in [-0.2, 0) is 0 Å². The van der Waals surface area contributed by atoms with E-state index in [1.54, 1.807) is 0 Å². The molecule has 0 atom stereocenters. The van der Waals surface area contributed by atoms with Gasteiger partial charge in [0.25, 0.3) is 0 Å². The Morgan fingerprint density at radius 1 is 0.760 bits per heavy atom. The highest BCUT2D eigenvalue weighted by atomic mass is 14.7. The highest BCUT2D eigenvalue weighted by Crippen LogP contribution is 2.29. The van der Waals surface area contributed by atoms with Gasteiger partial charge >= 0.3 is 0 Å². The van der Waals surface area contributed by atoms with Crippen LogP contribution in [0.2, 0.25) is 0 Å². The highest BCUT2D eigenvalue weighted by Gasteiger charge is 2.08. The molecule has 0 aromatic heterocycles. The summed E-state index contributed by atoms with van der Waals surface area (Å²) in [4.78, 5) is 4.70. The summed E-state index contributed by atoms with van der Waals surface area (Å²) in [5.74, 6) is 0.544. The fourth-order valence-electron chi connectivity index (χ4n) is 3.17. The summed E-state index contributed by atoms with van der Waals surface area (Å²) in [7, 11) is 0. The second kappa shape index (κ2) is 7.48. The molecule has 1 heteroatoms. The molecule has 0 aliphatic heterocycles. The Bertz CT molecular complexity index is 866. The van der Waals surface area contributed by atoms with Crippen LogP contribution in [0.25, 0.3) is 11.1 Å². The molecular formula is C24H25N. The molecule has 0 spiro atoms. The molecule has 0 unspecified atom stereocenters. The van der Waals surface area contributed by atoms with E-state index < -0.39 is 0 Å². The van der Waals surface area contributed by atoms with E-state index in [9.17, 15) is 0 Å². The summed E-state index contributed by atoms with van der Waals surface area (Å²) in [6.45, 7) is 8.75. The van der Waals surface area contributed by atoms with Crippen molar-refractivity contribution in [3.8, 4) is 11.1 Å². The average Bonchev–Trinajstić information content (AvgIpc) is 2.61. The zero-order valence-electron chi connectivity index (χ0n) is 15.5. The first kappa shape index (κ1) is 17.2. The molecule has 0 saturated heterocycles. The SMILES string of the molecule is Cc1cccc(C)c1-c1ccccc1C=Nc1ccc(C(C)C)cc1. The lowest BCUT2D eigenvalue weighted by atomic mass is 9.93. The molecule has 3 rings (SSSR count). The quantitative estimate of drug-likeness (QED) is 0.465. The topological polar surface area (TPSA) is 12.4 Å². The van der Waals surface area contributed by atoms with Crippen LogP contribution in [0.1, 0.15) is 42.0 Å². The van der Waals surface area contributed by atoms with Crippen molar-refractivity contribution in [2.24, 2.45) is 4.99 Å². The molecule has 1 nitrogen and oxygen atoms in total. The third-order valence-electron chi connectivity index (χ3n) is 4.62. The van der Waals surface area contributed by atoms with E-state index in [1.165, 1.54) is 27.8 Å². The monoisotopic (exact) mass is 327 g/mol. The molecule has 3 aromatic rings. The summed E-state index contributed by atoms with van der Waals surface area (Å²) < 4.78 is 0. The van der Waals surface area contributed by atoms with E-state index >= 15 is 0 Å². The maximum Gasteiger partial charge on any atom is 0.0630 e. The third-order valence-corrected chi connectivity index (χ3v) is 4.62. The maximum atomic E-state index is 4.70. The summed E-state index contributed by atoms with van der Waals surface area (Å²) >= 11 is 0. The fraction of sp³-hybridized carbons (Fsp3) is 0.208. The number of hydrogen-bond acceptors (Lipinski definition) is 1. The van der Waals surface area contributed by atoms with Crippen molar-refractivity contribution in [3.63, 3.8) is 0 Å². The minimum absolute atomic E-state index is 0.544. The lowest BCUT2D eigenvalue weighted by Gasteiger charge is -2.12. The highest BCUT2D eigenvalue weighted by molar-refractivity contribution is 5.92. The number of hydrogen-bond donors (Lipinski definition) is 0. The molecule has 0 radical (unpaired) electrons. The molecule has 0 aliphatic rings. The van der Waals surface area contributed by atoms with E-state index in [1.807, 2.05) is 6.21 Å². The van der Waals surface area contributed by atoms with Gasteiger partial charge in [0.15, 0.2) is 0 Å². The van der Waals surface area contributed by atoms with Crippen molar-refractivity contribution in [2.75, 3.05) is 0 Å². The minimum atomic E-state index is 0.544. The molecule has 0 N–H and O–H groups in total. The van der Waals surface area contributed by atoms with Crippen LogP contribution in [0.3, 0.4) is 0 Å². The molecule has 0 bridgehead atoms. The lowest BCUT2D eigenvalue weighted by molar-refractivity contribution is 0.867. The second-order valence-corrected chi connectivity index (χ2v) is 6.86. The van der Waals surface area contributed by atoms with Gasteiger partial charge < -0.3 is 0 Å². The predicted molar refractivity (Wildman–Crippen MR) is 109 cm³/mol. The maximum absolute atomic E-state index is 4.70. The molecule has 25 heavy (non-hydrogen) atoms. The van der Waals surface area contributed by atoms with Crippen molar-refractivity contribution >= 4 is 11.9 Å². The summed E-state index contributed by atoms with van der Waals surface area (Å²) in [6.07, 6.45) is 1.98. The number of benzene rings is 3. The standard InChI is InChI=1S/C24H25N/c1-17(2)20-12-14-22(15-13-20)25-16-21-10-5-6-11-23(21)24-18(3)8-7-9-19(24)4/h5-17H,1-4H3. The van der Waals surface area contributed by atoms with E-state index in [-0.39, 0.29) is 0 Å². The van der Waals surface area contributed by atoms with Crippen molar-refractivity contribution in [3.05, 3.63) is 89.0 Å². The van der Waals surface area contributed by atoms with Crippen LogP contribution in [-0.4, -0.2) is 6.21 Å². The molecular weight excluding hydrogens is 302 g/mol. The first-order valence-electron chi connectivity index (χ1n) is 8.86. The predicted octanol–water partition coefficient (Wildman–Crippen LogP) is 6.84. The molecule has 3 aromatic carbocycles. The molecule has 0 aliphatic carbocycles. The molecule has 0 saturated carbocycles. The molecule has 0 fully saturated rings. The van der Waals surface area contributed by atoms with Gasteiger partial charge in [0.05, 0.1) is 5.69 Å². The first-order valence-corrected chi connectivity index (χ1v) is 8.86. The third kappa shape index (κ3) is 3.88. The van der Waals surface area contributed by atoms with Crippen molar-refractivity contribution in [2.45, 2.75) is 33.6 Å². The van der Waals surface area contributed by atoms with Crippen LogP contribution < -0.4 is 0 Å². The van der Waals surface area contributed by atoms with Crippen LogP contribution in [0.15, 0.2) is 71.7 Å². The van der Waals surface area contributed by atoms with Gasteiger partial charge in [0.2, 0.25) is 0 Å². The molecule has 0 amide bonds. The van der Waals surface area contributed by atoms with Crippen LogP contribution in [0.5, 0.6) is 0 Å². The summed E-state index contributed by atoms with van der Waals surface area (Å²) in [6, 6.07) is 23.4. The van der Waals surface area contributed by atoms with Gasteiger partial charge in [-0.15, -0.1) is 0 Å². The van der Waals surface area contributed by atoms with Crippen molar-refractivity contribution in [1.82, 2.24) is 0 Å². The first-order chi connectivity index (χ1) is 12.1. The Morgan fingerprint density at radius 2 is 1.40 bits per heavy atom. The Labute approximate surface area is 151 Å². The lowest BCUT2D eigenvalue weighted by Crippen LogP contribution is -1.93. The van der Waals surface area contributed by atoms with Gasteiger partial charge in [-0.2, -0.15) is 0 Å². The Balaban J connectivity index is 1.96. The smallest absolute Gasteiger partial charge is 0.0630 e. The number of aryl methyl sites for hydroxylation is 2.